The number of alkyl halides is 3. The van der Waals surface area contributed by atoms with Crippen LogP contribution in [0.25, 0.3) is 0 Å². The molecule has 4 nitrogen and oxygen atoms in total. The van der Waals surface area contributed by atoms with Crippen LogP contribution >= 0.6 is 0 Å². The molecule has 0 aromatic carbocycles. The molecule has 7 heteroatoms. The van der Waals surface area contributed by atoms with E-state index in [0.29, 0.717) is 44.0 Å². The van der Waals surface area contributed by atoms with Gasteiger partial charge in [-0.1, -0.05) is 0 Å². The second kappa shape index (κ2) is 6.83. The molecule has 26 heavy (non-hydrogen) atoms. The van der Waals surface area contributed by atoms with Crippen LogP contribution in [-0.2, 0) is 17.4 Å². The maximum Gasteiger partial charge on any atom is 0.418 e. The fraction of sp³-hybridized carbons (Fsp3) is 0.684. The minimum Gasteiger partial charge on any atom is -0.390 e. The van der Waals surface area contributed by atoms with Crippen LogP contribution in [0.4, 0.5) is 13.2 Å². The van der Waals surface area contributed by atoms with Crippen molar-refractivity contribution in [1.29, 1.82) is 0 Å². The lowest BCUT2D eigenvalue weighted by molar-refractivity contribution is -0.151. The Morgan fingerprint density at radius 1 is 1.31 bits per heavy atom. The number of aliphatic hydroxyl groups is 1. The first-order valence-corrected chi connectivity index (χ1v) is 9.10. The van der Waals surface area contributed by atoms with Crippen molar-refractivity contribution in [3.05, 3.63) is 29.1 Å². The third-order valence-corrected chi connectivity index (χ3v) is 5.59. The summed E-state index contributed by atoms with van der Waals surface area (Å²) < 4.78 is 38.4. The summed E-state index contributed by atoms with van der Waals surface area (Å²) in [6.45, 7) is 4.48. The van der Waals surface area contributed by atoms with Gasteiger partial charge in [-0.2, -0.15) is 13.2 Å². The van der Waals surface area contributed by atoms with E-state index in [1.165, 1.54) is 13.0 Å². The van der Waals surface area contributed by atoms with Crippen LogP contribution in [0.5, 0.6) is 0 Å². The fourth-order valence-electron chi connectivity index (χ4n) is 4.11. The maximum absolute atomic E-state index is 12.8. The lowest BCUT2D eigenvalue weighted by Crippen LogP contribution is -2.51. The van der Waals surface area contributed by atoms with E-state index < -0.39 is 17.3 Å². The quantitative estimate of drug-likeness (QED) is 0.888. The van der Waals surface area contributed by atoms with Crippen molar-refractivity contribution in [1.82, 2.24) is 9.88 Å². The summed E-state index contributed by atoms with van der Waals surface area (Å²) in [6.07, 6.45) is -1.01. The first-order valence-electron chi connectivity index (χ1n) is 9.10. The van der Waals surface area contributed by atoms with E-state index in [1.54, 1.807) is 6.92 Å². The third kappa shape index (κ3) is 4.19. The van der Waals surface area contributed by atoms with Gasteiger partial charge in [-0.3, -0.25) is 9.78 Å². The number of hydrogen-bond acceptors (Lipinski definition) is 3. The Bertz CT molecular complexity index is 672. The lowest BCUT2D eigenvalue weighted by Gasteiger charge is -2.43. The Kier molecular flexibility index (Phi) is 5.03. The Morgan fingerprint density at radius 3 is 2.42 bits per heavy atom. The van der Waals surface area contributed by atoms with Crippen LogP contribution in [0.15, 0.2) is 12.1 Å². The number of rotatable bonds is 3. The summed E-state index contributed by atoms with van der Waals surface area (Å²) in [5.41, 5.74) is -0.696. The zero-order valence-corrected chi connectivity index (χ0v) is 15.1. The van der Waals surface area contributed by atoms with Gasteiger partial charge in [-0.15, -0.1) is 0 Å². The van der Waals surface area contributed by atoms with Crippen LogP contribution in [0, 0.1) is 18.8 Å². The molecule has 144 valence electrons. The van der Waals surface area contributed by atoms with Crippen LogP contribution < -0.4 is 0 Å². The molecule has 0 atom stereocenters. The number of hydrogen-bond donors (Lipinski definition) is 1. The zero-order chi connectivity index (χ0) is 19.1. The zero-order valence-electron chi connectivity index (χ0n) is 15.1. The van der Waals surface area contributed by atoms with Crippen LogP contribution in [0.2, 0.25) is 0 Å². The maximum atomic E-state index is 12.8. The highest BCUT2D eigenvalue weighted by atomic mass is 19.4. The molecule has 1 aromatic heterocycles. The normalized spacial score (nSPS) is 27.3. The van der Waals surface area contributed by atoms with Gasteiger partial charge in [0.25, 0.3) is 0 Å². The van der Waals surface area contributed by atoms with E-state index in [2.05, 4.69) is 4.98 Å². The topological polar surface area (TPSA) is 53.4 Å². The monoisotopic (exact) mass is 370 g/mol. The fourth-order valence-corrected chi connectivity index (χ4v) is 4.11. The molecular weight excluding hydrogens is 345 g/mol. The molecule has 0 radical (unpaired) electrons. The number of carbonyl (C=O) groups excluding carboxylic acids is 1. The highest BCUT2D eigenvalue weighted by molar-refractivity contribution is 5.80. The van der Waals surface area contributed by atoms with Gasteiger partial charge in [0.2, 0.25) is 5.91 Å². The smallest absolute Gasteiger partial charge is 0.390 e. The van der Waals surface area contributed by atoms with E-state index in [4.69, 9.17) is 0 Å². The molecule has 1 saturated carbocycles. The number of carbonyl (C=O) groups is 1. The number of nitrogens with zero attached hydrogens (tertiary/aromatic N) is 2. The van der Waals surface area contributed by atoms with Crippen molar-refractivity contribution in [3.8, 4) is 0 Å². The predicted octanol–water partition coefficient (Wildman–Crippen LogP) is 3.35. The van der Waals surface area contributed by atoms with E-state index in [-0.39, 0.29) is 17.5 Å². The standard InChI is InChI=1S/C19H25F3N2O2/c1-12-16(19(20,21)22)4-3-15(23-12)9-13-5-7-24(8-6-13)17(25)14-10-18(2,26)11-14/h3-4,13-14,26H,5-11H2,1-2H3/t14-,18+. The lowest BCUT2D eigenvalue weighted by atomic mass is 9.71. The average molecular weight is 370 g/mol. The van der Waals surface area contributed by atoms with Crippen LogP contribution in [0.1, 0.15) is 49.6 Å². The molecule has 0 spiro atoms. The largest absolute Gasteiger partial charge is 0.418 e. The molecular formula is C19H25F3N2O2. The number of pyridine rings is 1. The van der Waals surface area contributed by atoms with Gasteiger partial charge in [0.05, 0.1) is 11.2 Å². The molecule has 1 aromatic rings. The molecule has 2 fully saturated rings. The van der Waals surface area contributed by atoms with Crippen LogP contribution in [-0.4, -0.2) is 39.6 Å². The van der Waals surface area contributed by atoms with Gasteiger partial charge in [-0.05, 0) is 64.0 Å². The summed E-state index contributed by atoms with van der Waals surface area (Å²) in [4.78, 5) is 18.4. The SMILES string of the molecule is Cc1nc(CC2CCN(C(=O)[C@H]3C[C@@](C)(O)C3)CC2)ccc1C(F)(F)F. The van der Waals surface area contributed by atoms with Crippen molar-refractivity contribution in [2.45, 2.75) is 57.7 Å². The summed E-state index contributed by atoms with van der Waals surface area (Å²) in [7, 11) is 0. The number of piperidine rings is 1. The molecule has 0 unspecified atom stereocenters. The highest BCUT2D eigenvalue weighted by Gasteiger charge is 2.44. The molecule has 0 bridgehead atoms. The van der Waals surface area contributed by atoms with E-state index in [9.17, 15) is 23.1 Å². The van der Waals surface area contributed by atoms with Gasteiger partial charge < -0.3 is 10.0 Å². The van der Waals surface area contributed by atoms with E-state index in [1.807, 2.05) is 4.90 Å². The number of amides is 1. The van der Waals surface area contributed by atoms with E-state index >= 15 is 0 Å². The molecule has 1 aliphatic heterocycles. The number of halogens is 3. The Morgan fingerprint density at radius 2 is 1.92 bits per heavy atom. The van der Waals surface area contributed by atoms with Crippen LogP contribution in [0.3, 0.4) is 0 Å². The molecule has 1 aliphatic carbocycles. The summed E-state index contributed by atoms with van der Waals surface area (Å²) >= 11 is 0. The molecule has 1 saturated heterocycles. The van der Waals surface area contributed by atoms with Crippen molar-refractivity contribution in [2.75, 3.05) is 13.1 Å². The summed E-state index contributed by atoms with van der Waals surface area (Å²) in [5, 5.41) is 9.78. The number of likely N-dealkylation sites (tertiary alicyclic amines) is 1. The summed E-state index contributed by atoms with van der Waals surface area (Å²) in [5.74, 6) is 0.381. The third-order valence-electron chi connectivity index (χ3n) is 5.59. The van der Waals surface area contributed by atoms with Gasteiger partial charge in [0.15, 0.2) is 0 Å². The van der Waals surface area contributed by atoms with Crippen molar-refractivity contribution < 1.29 is 23.1 Å². The molecule has 1 N–H and O–H groups in total. The first kappa shape index (κ1) is 19.1. The minimum absolute atomic E-state index is 0.0136. The minimum atomic E-state index is -4.37. The van der Waals surface area contributed by atoms with Gasteiger partial charge in [0.1, 0.15) is 0 Å². The molecule has 2 heterocycles. The Balaban J connectivity index is 1.51. The highest BCUT2D eigenvalue weighted by Crippen LogP contribution is 2.39. The van der Waals surface area contributed by atoms with Gasteiger partial charge in [0, 0.05) is 30.4 Å². The molecule has 2 aliphatic rings. The van der Waals surface area contributed by atoms with Crippen molar-refractivity contribution in [3.63, 3.8) is 0 Å². The number of aryl methyl sites for hydroxylation is 1. The van der Waals surface area contributed by atoms with Crippen molar-refractivity contribution >= 4 is 5.91 Å². The predicted molar refractivity (Wildman–Crippen MR) is 90.3 cm³/mol. The average Bonchev–Trinajstić information content (AvgIpc) is 2.51. The van der Waals surface area contributed by atoms with Crippen molar-refractivity contribution in [2.24, 2.45) is 11.8 Å². The molecule has 3 rings (SSSR count). The van der Waals surface area contributed by atoms with Gasteiger partial charge >= 0.3 is 6.18 Å². The van der Waals surface area contributed by atoms with E-state index in [0.717, 1.165) is 18.9 Å². The first-order chi connectivity index (χ1) is 12.0. The Hall–Kier alpha value is -1.63. The van der Waals surface area contributed by atoms with Gasteiger partial charge in [-0.25, -0.2) is 0 Å². The Labute approximate surface area is 151 Å². The molecule has 1 amide bonds. The second-order valence-electron chi connectivity index (χ2n) is 8.01. The second-order valence-corrected chi connectivity index (χ2v) is 8.01. The number of aromatic nitrogens is 1. The summed E-state index contributed by atoms with van der Waals surface area (Å²) in [6, 6.07) is 2.57.